The highest BCUT2D eigenvalue weighted by Gasteiger charge is 2.16. The Balaban J connectivity index is 2.25. The smallest absolute Gasteiger partial charge is 0.274 e. The zero-order valence-corrected chi connectivity index (χ0v) is 15.0. The lowest BCUT2D eigenvalue weighted by Crippen LogP contribution is -2.30. The Hall–Kier alpha value is -2.89. The van der Waals surface area contributed by atoms with E-state index in [1.807, 2.05) is 32.9 Å². The molecule has 1 aromatic heterocycles. The molecule has 1 N–H and O–H groups in total. The quantitative estimate of drug-likeness (QED) is 0.876. The molecule has 0 aliphatic heterocycles. The number of nitrogens with zero attached hydrogens (tertiary/aromatic N) is 2. The maximum absolute atomic E-state index is 12.5. The van der Waals surface area contributed by atoms with E-state index in [9.17, 15) is 9.59 Å². The number of ether oxygens (including phenoxy) is 1. The Morgan fingerprint density at radius 3 is 2.52 bits per heavy atom. The van der Waals surface area contributed by atoms with Crippen molar-refractivity contribution in [3.8, 4) is 5.75 Å². The van der Waals surface area contributed by atoms with E-state index >= 15 is 0 Å². The summed E-state index contributed by atoms with van der Waals surface area (Å²) in [6, 6.07) is 8.64. The van der Waals surface area contributed by atoms with Crippen molar-refractivity contribution in [2.45, 2.75) is 20.8 Å². The summed E-state index contributed by atoms with van der Waals surface area (Å²) in [5.41, 5.74) is 2.19. The van der Waals surface area contributed by atoms with E-state index < -0.39 is 5.91 Å². The molecule has 0 saturated heterocycles. The first-order valence-corrected chi connectivity index (χ1v) is 8.21. The first-order valence-electron chi connectivity index (χ1n) is 8.21. The topological polar surface area (TPSA) is 71.5 Å². The number of aromatic nitrogens is 1. The van der Waals surface area contributed by atoms with Crippen molar-refractivity contribution >= 4 is 17.5 Å². The normalized spacial score (nSPS) is 10.2. The summed E-state index contributed by atoms with van der Waals surface area (Å²) in [6.07, 6.45) is 1.47. The van der Waals surface area contributed by atoms with Gasteiger partial charge in [-0.2, -0.15) is 0 Å². The van der Waals surface area contributed by atoms with Crippen molar-refractivity contribution in [3.63, 3.8) is 0 Å². The van der Waals surface area contributed by atoms with Crippen LogP contribution < -0.4 is 10.1 Å². The van der Waals surface area contributed by atoms with Crippen LogP contribution in [0.2, 0.25) is 0 Å². The number of benzene rings is 1. The molecule has 0 saturated carbocycles. The number of anilines is 1. The molecule has 1 heterocycles. The van der Waals surface area contributed by atoms with Crippen molar-refractivity contribution in [3.05, 3.63) is 53.3 Å². The lowest BCUT2D eigenvalue weighted by molar-refractivity contribution is 0.0773. The molecule has 0 aliphatic carbocycles. The maximum Gasteiger partial charge on any atom is 0.274 e. The van der Waals surface area contributed by atoms with Crippen molar-refractivity contribution in [1.82, 2.24) is 9.88 Å². The van der Waals surface area contributed by atoms with Gasteiger partial charge in [0.05, 0.1) is 12.8 Å². The van der Waals surface area contributed by atoms with Crippen LogP contribution in [-0.4, -0.2) is 41.9 Å². The zero-order valence-electron chi connectivity index (χ0n) is 15.0. The number of pyridine rings is 1. The van der Waals surface area contributed by atoms with Crippen molar-refractivity contribution in [2.24, 2.45) is 0 Å². The third-order valence-corrected chi connectivity index (χ3v) is 3.89. The van der Waals surface area contributed by atoms with Gasteiger partial charge in [-0.1, -0.05) is 6.07 Å². The van der Waals surface area contributed by atoms with E-state index in [1.54, 1.807) is 24.1 Å². The average Bonchev–Trinajstić information content (AvgIpc) is 2.63. The standard InChI is InChI=1S/C19H23N3O3/c1-5-22(6-2)19(24)14-9-10-20-16(12-14)18(23)21-15-11-13(3)7-8-17(15)25-4/h7-12H,5-6H2,1-4H3,(H,21,23). The molecular weight excluding hydrogens is 318 g/mol. The number of carbonyl (C=O) groups is 2. The lowest BCUT2D eigenvalue weighted by Gasteiger charge is -2.18. The van der Waals surface area contributed by atoms with Crippen molar-refractivity contribution in [1.29, 1.82) is 0 Å². The van der Waals surface area contributed by atoms with Crippen LogP contribution in [0.4, 0.5) is 5.69 Å². The third-order valence-electron chi connectivity index (χ3n) is 3.89. The van der Waals surface area contributed by atoms with Gasteiger partial charge in [0, 0.05) is 24.8 Å². The van der Waals surface area contributed by atoms with Crippen LogP contribution in [0.15, 0.2) is 36.5 Å². The van der Waals surface area contributed by atoms with Gasteiger partial charge in [0.25, 0.3) is 11.8 Å². The Kier molecular flexibility index (Phi) is 6.11. The Morgan fingerprint density at radius 2 is 1.88 bits per heavy atom. The predicted octanol–water partition coefficient (Wildman–Crippen LogP) is 3.13. The molecule has 2 aromatic rings. The second-order valence-electron chi connectivity index (χ2n) is 5.57. The van der Waals surface area contributed by atoms with Crippen LogP contribution in [0.1, 0.15) is 40.3 Å². The van der Waals surface area contributed by atoms with Gasteiger partial charge in [0.1, 0.15) is 11.4 Å². The van der Waals surface area contributed by atoms with Crippen molar-refractivity contribution < 1.29 is 14.3 Å². The highest BCUT2D eigenvalue weighted by molar-refractivity contribution is 6.05. The number of nitrogens with one attached hydrogen (secondary N) is 1. The number of carbonyl (C=O) groups excluding carboxylic acids is 2. The number of methoxy groups -OCH3 is 1. The number of amides is 2. The van der Waals surface area contributed by atoms with E-state index in [0.29, 0.717) is 30.1 Å². The molecule has 2 rings (SSSR count). The van der Waals surface area contributed by atoms with Crippen LogP contribution in [-0.2, 0) is 0 Å². The van der Waals surface area contributed by atoms with Gasteiger partial charge in [0.15, 0.2) is 0 Å². The first-order chi connectivity index (χ1) is 12.0. The number of hydrogen-bond acceptors (Lipinski definition) is 4. The molecule has 0 fully saturated rings. The third kappa shape index (κ3) is 4.35. The Labute approximate surface area is 147 Å². The fraction of sp³-hybridized carbons (Fsp3) is 0.316. The number of hydrogen-bond donors (Lipinski definition) is 1. The van der Waals surface area contributed by atoms with E-state index in [4.69, 9.17) is 4.74 Å². The first kappa shape index (κ1) is 18.4. The van der Waals surface area contributed by atoms with Gasteiger partial charge in [-0.3, -0.25) is 14.6 Å². The van der Waals surface area contributed by atoms with E-state index in [0.717, 1.165) is 5.56 Å². The minimum absolute atomic E-state index is 0.116. The summed E-state index contributed by atoms with van der Waals surface area (Å²) in [7, 11) is 1.54. The zero-order chi connectivity index (χ0) is 18.4. The second kappa shape index (κ2) is 8.28. The van der Waals surface area contributed by atoms with Crippen LogP contribution >= 0.6 is 0 Å². The fourth-order valence-corrected chi connectivity index (χ4v) is 2.49. The molecule has 132 valence electrons. The van der Waals surface area contributed by atoms with Crippen LogP contribution in [0.25, 0.3) is 0 Å². The van der Waals surface area contributed by atoms with Gasteiger partial charge in [0.2, 0.25) is 0 Å². The fourth-order valence-electron chi connectivity index (χ4n) is 2.49. The monoisotopic (exact) mass is 341 g/mol. The van der Waals surface area contributed by atoms with Gasteiger partial charge < -0.3 is 15.0 Å². The van der Waals surface area contributed by atoms with Crippen LogP contribution in [0, 0.1) is 6.92 Å². The molecule has 0 radical (unpaired) electrons. The summed E-state index contributed by atoms with van der Waals surface area (Å²) in [5, 5.41) is 2.79. The summed E-state index contributed by atoms with van der Waals surface area (Å²) < 4.78 is 5.26. The number of rotatable bonds is 6. The molecule has 25 heavy (non-hydrogen) atoms. The second-order valence-corrected chi connectivity index (χ2v) is 5.57. The number of aryl methyl sites for hydroxylation is 1. The summed E-state index contributed by atoms with van der Waals surface area (Å²) >= 11 is 0. The van der Waals surface area contributed by atoms with Crippen LogP contribution in [0.3, 0.4) is 0 Å². The van der Waals surface area contributed by atoms with Gasteiger partial charge >= 0.3 is 0 Å². The molecular formula is C19H23N3O3. The molecule has 0 bridgehead atoms. The SMILES string of the molecule is CCN(CC)C(=O)c1ccnc(C(=O)Nc2cc(C)ccc2OC)c1. The van der Waals surface area contributed by atoms with Crippen LogP contribution in [0.5, 0.6) is 5.75 Å². The van der Waals surface area contributed by atoms with Crippen molar-refractivity contribution in [2.75, 3.05) is 25.5 Å². The van der Waals surface area contributed by atoms with E-state index in [-0.39, 0.29) is 11.6 Å². The summed E-state index contributed by atoms with van der Waals surface area (Å²) in [5.74, 6) is 0.0574. The van der Waals surface area contributed by atoms with E-state index in [2.05, 4.69) is 10.3 Å². The minimum Gasteiger partial charge on any atom is -0.495 e. The lowest BCUT2D eigenvalue weighted by atomic mass is 10.1. The minimum atomic E-state index is -0.391. The summed E-state index contributed by atoms with van der Waals surface area (Å²) in [6.45, 7) is 6.98. The van der Waals surface area contributed by atoms with Gasteiger partial charge in [-0.05, 0) is 50.6 Å². The van der Waals surface area contributed by atoms with Gasteiger partial charge in [-0.25, -0.2) is 0 Å². The average molecular weight is 341 g/mol. The predicted molar refractivity (Wildman–Crippen MR) is 97.2 cm³/mol. The highest BCUT2D eigenvalue weighted by atomic mass is 16.5. The molecule has 2 amide bonds. The Bertz CT molecular complexity index is 770. The molecule has 6 nitrogen and oxygen atoms in total. The summed E-state index contributed by atoms with van der Waals surface area (Å²) in [4.78, 5) is 30.7. The molecule has 6 heteroatoms. The molecule has 0 spiro atoms. The maximum atomic E-state index is 12.5. The molecule has 0 aliphatic rings. The molecule has 1 aromatic carbocycles. The molecule has 0 atom stereocenters. The largest absolute Gasteiger partial charge is 0.495 e. The van der Waals surface area contributed by atoms with E-state index in [1.165, 1.54) is 12.3 Å². The van der Waals surface area contributed by atoms with Gasteiger partial charge in [-0.15, -0.1) is 0 Å². The molecule has 0 unspecified atom stereocenters. The Morgan fingerprint density at radius 1 is 1.16 bits per heavy atom. The highest BCUT2D eigenvalue weighted by Crippen LogP contribution is 2.25.